The zero-order valence-electron chi connectivity index (χ0n) is 13.3. The molecule has 3 atom stereocenters. The summed E-state index contributed by atoms with van der Waals surface area (Å²) in [6.07, 6.45) is 1.03. The lowest BCUT2D eigenvalue weighted by Gasteiger charge is -2.36. The first-order chi connectivity index (χ1) is 9.54. The van der Waals surface area contributed by atoms with Crippen LogP contribution in [0.3, 0.4) is 0 Å². The summed E-state index contributed by atoms with van der Waals surface area (Å²) in [5, 5.41) is 3.49. The molecular weight excluding hydrogens is 254 g/mol. The molecule has 0 aromatic carbocycles. The summed E-state index contributed by atoms with van der Waals surface area (Å²) in [5.74, 6) is 0.703. The van der Waals surface area contributed by atoms with Crippen LogP contribution in [0.2, 0.25) is 0 Å². The molecule has 2 heterocycles. The Bertz CT molecular complexity index is 329. The van der Waals surface area contributed by atoms with Gasteiger partial charge in [0.15, 0.2) is 0 Å². The maximum atomic E-state index is 12.6. The second-order valence-corrected chi connectivity index (χ2v) is 6.32. The molecule has 3 unspecified atom stereocenters. The van der Waals surface area contributed by atoms with Gasteiger partial charge in [-0.05, 0) is 19.3 Å². The zero-order valence-corrected chi connectivity index (χ0v) is 13.3. The molecule has 2 rings (SSSR count). The summed E-state index contributed by atoms with van der Waals surface area (Å²) in [7, 11) is 0. The number of carbonyl (C=O) groups excluding carboxylic acids is 1. The van der Waals surface area contributed by atoms with Crippen molar-refractivity contribution in [3.63, 3.8) is 0 Å². The van der Waals surface area contributed by atoms with Crippen molar-refractivity contribution in [3.8, 4) is 0 Å². The highest BCUT2D eigenvalue weighted by Crippen LogP contribution is 2.22. The number of ether oxygens (including phenoxy) is 1. The van der Waals surface area contributed by atoms with Crippen LogP contribution in [-0.4, -0.2) is 66.8 Å². The van der Waals surface area contributed by atoms with Crippen LogP contribution in [0.15, 0.2) is 0 Å². The van der Waals surface area contributed by atoms with Gasteiger partial charge in [-0.15, -0.1) is 0 Å². The van der Waals surface area contributed by atoms with E-state index < -0.39 is 0 Å². The summed E-state index contributed by atoms with van der Waals surface area (Å²) in [5.41, 5.74) is 0. The largest absolute Gasteiger partial charge is 0.379 e. The van der Waals surface area contributed by atoms with Crippen LogP contribution in [0.5, 0.6) is 0 Å². The third-order valence-electron chi connectivity index (χ3n) is 4.36. The number of hydrogen-bond acceptors (Lipinski definition) is 4. The first kappa shape index (κ1) is 15.7. The van der Waals surface area contributed by atoms with Crippen molar-refractivity contribution < 1.29 is 9.53 Å². The Balaban J connectivity index is 2.01. The van der Waals surface area contributed by atoms with Crippen molar-refractivity contribution in [2.75, 3.05) is 32.8 Å². The SMILES string of the molecule is CCC1NC(C(C)C)N(C(C)CN2CCOCC2)C1=O. The second kappa shape index (κ2) is 6.87. The van der Waals surface area contributed by atoms with Crippen LogP contribution in [0.4, 0.5) is 0 Å². The van der Waals surface area contributed by atoms with E-state index in [1.54, 1.807) is 0 Å². The van der Waals surface area contributed by atoms with E-state index in [1.807, 2.05) is 0 Å². The lowest BCUT2D eigenvalue weighted by molar-refractivity contribution is -0.133. The molecule has 0 aromatic rings. The van der Waals surface area contributed by atoms with Gasteiger partial charge < -0.3 is 9.64 Å². The number of rotatable bonds is 5. The van der Waals surface area contributed by atoms with Crippen molar-refractivity contribution in [1.82, 2.24) is 15.1 Å². The Morgan fingerprint density at radius 3 is 2.50 bits per heavy atom. The second-order valence-electron chi connectivity index (χ2n) is 6.32. The highest BCUT2D eigenvalue weighted by molar-refractivity contribution is 5.84. The molecule has 2 saturated heterocycles. The summed E-state index contributed by atoms with van der Waals surface area (Å²) in [6.45, 7) is 13.1. The van der Waals surface area contributed by atoms with E-state index >= 15 is 0 Å². The van der Waals surface area contributed by atoms with Crippen LogP contribution < -0.4 is 5.32 Å². The Labute approximate surface area is 122 Å². The van der Waals surface area contributed by atoms with E-state index in [1.165, 1.54) is 0 Å². The Kier molecular flexibility index (Phi) is 5.41. The first-order valence-electron chi connectivity index (χ1n) is 7.93. The molecule has 0 radical (unpaired) electrons. The van der Waals surface area contributed by atoms with Crippen LogP contribution in [-0.2, 0) is 9.53 Å². The van der Waals surface area contributed by atoms with Crippen molar-refractivity contribution >= 4 is 5.91 Å². The van der Waals surface area contributed by atoms with Gasteiger partial charge in [0.1, 0.15) is 0 Å². The molecule has 0 spiro atoms. The van der Waals surface area contributed by atoms with Crippen molar-refractivity contribution in [1.29, 1.82) is 0 Å². The summed E-state index contributed by atoms with van der Waals surface area (Å²) in [4.78, 5) is 17.0. The van der Waals surface area contributed by atoms with Crippen molar-refractivity contribution in [3.05, 3.63) is 0 Å². The van der Waals surface area contributed by atoms with Gasteiger partial charge in [-0.25, -0.2) is 0 Å². The van der Waals surface area contributed by atoms with Crippen molar-refractivity contribution in [2.45, 2.75) is 52.4 Å². The Morgan fingerprint density at radius 1 is 1.30 bits per heavy atom. The monoisotopic (exact) mass is 283 g/mol. The van der Waals surface area contributed by atoms with E-state index in [9.17, 15) is 4.79 Å². The standard InChI is InChI=1S/C15H29N3O2/c1-5-13-15(19)18(14(16-13)11(2)3)12(4)10-17-6-8-20-9-7-17/h11-14,16H,5-10H2,1-4H3. The highest BCUT2D eigenvalue weighted by Gasteiger charge is 2.41. The van der Waals surface area contributed by atoms with E-state index in [2.05, 4.69) is 42.8 Å². The Hall–Kier alpha value is -0.650. The van der Waals surface area contributed by atoms with E-state index in [0.717, 1.165) is 39.3 Å². The third-order valence-corrected chi connectivity index (χ3v) is 4.36. The van der Waals surface area contributed by atoms with Gasteiger partial charge in [-0.3, -0.25) is 15.0 Å². The minimum atomic E-state index is -0.00506. The quantitative estimate of drug-likeness (QED) is 0.814. The lowest BCUT2D eigenvalue weighted by atomic mass is 10.1. The summed E-state index contributed by atoms with van der Waals surface area (Å²) >= 11 is 0. The average molecular weight is 283 g/mol. The molecule has 0 aliphatic carbocycles. The molecule has 5 heteroatoms. The molecule has 1 N–H and O–H groups in total. The van der Waals surface area contributed by atoms with Crippen LogP contribution in [0, 0.1) is 5.92 Å². The van der Waals surface area contributed by atoms with Gasteiger partial charge in [0.05, 0.1) is 25.4 Å². The molecule has 116 valence electrons. The van der Waals surface area contributed by atoms with Gasteiger partial charge in [0.25, 0.3) is 0 Å². The van der Waals surface area contributed by atoms with Crippen LogP contribution in [0.1, 0.15) is 34.1 Å². The maximum absolute atomic E-state index is 12.6. The number of amides is 1. The third kappa shape index (κ3) is 3.32. The van der Waals surface area contributed by atoms with Gasteiger partial charge in [0.2, 0.25) is 5.91 Å². The molecule has 1 amide bonds. The van der Waals surface area contributed by atoms with Crippen LogP contribution in [0.25, 0.3) is 0 Å². The molecule has 0 bridgehead atoms. The number of nitrogens with one attached hydrogen (secondary N) is 1. The van der Waals surface area contributed by atoms with Gasteiger partial charge in [0, 0.05) is 25.7 Å². The Morgan fingerprint density at radius 2 is 1.95 bits per heavy atom. The number of nitrogens with zero attached hydrogens (tertiary/aromatic N) is 2. The fraction of sp³-hybridized carbons (Fsp3) is 0.933. The van der Waals surface area contributed by atoms with E-state index in [0.29, 0.717) is 5.92 Å². The predicted octanol–water partition coefficient (Wildman–Crippen LogP) is 0.900. The molecule has 5 nitrogen and oxygen atoms in total. The summed E-state index contributed by atoms with van der Waals surface area (Å²) in [6, 6.07) is 0.242. The molecule has 0 saturated carbocycles. The predicted molar refractivity (Wildman–Crippen MR) is 79.4 cm³/mol. The summed E-state index contributed by atoms with van der Waals surface area (Å²) < 4.78 is 5.39. The normalized spacial score (nSPS) is 30.2. The zero-order chi connectivity index (χ0) is 14.7. The lowest BCUT2D eigenvalue weighted by Crippen LogP contribution is -2.51. The molecule has 2 aliphatic heterocycles. The maximum Gasteiger partial charge on any atom is 0.241 e. The number of hydrogen-bond donors (Lipinski definition) is 1. The number of morpholine rings is 1. The fourth-order valence-corrected chi connectivity index (χ4v) is 3.22. The molecule has 20 heavy (non-hydrogen) atoms. The molecule has 0 aromatic heterocycles. The molecular formula is C15H29N3O2. The molecule has 2 fully saturated rings. The van der Waals surface area contributed by atoms with Gasteiger partial charge in [-0.2, -0.15) is 0 Å². The average Bonchev–Trinajstić information content (AvgIpc) is 2.77. The van der Waals surface area contributed by atoms with E-state index in [4.69, 9.17) is 4.74 Å². The minimum absolute atomic E-state index is 0.00506. The topological polar surface area (TPSA) is 44.8 Å². The smallest absolute Gasteiger partial charge is 0.241 e. The first-order valence-corrected chi connectivity index (χ1v) is 7.93. The van der Waals surface area contributed by atoms with Gasteiger partial charge in [-0.1, -0.05) is 20.8 Å². The highest BCUT2D eigenvalue weighted by atomic mass is 16.5. The van der Waals surface area contributed by atoms with E-state index in [-0.39, 0.29) is 24.2 Å². The minimum Gasteiger partial charge on any atom is -0.379 e. The number of carbonyl (C=O) groups is 1. The van der Waals surface area contributed by atoms with Gasteiger partial charge >= 0.3 is 0 Å². The molecule has 2 aliphatic rings. The fourth-order valence-electron chi connectivity index (χ4n) is 3.22. The van der Waals surface area contributed by atoms with Crippen LogP contribution >= 0.6 is 0 Å². The van der Waals surface area contributed by atoms with Crippen molar-refractivity contribution in [2.24, 2.45) is 5.92 Å².